The van der Waals surface area contributed by atoms with E-state index >= 15 is 0 Å². The maximum absolute atomic E-state index is 10.5. The van der Waals surface area contributed by atoms with Gasteiger partial charge in [0.15, 0.2) is 0 Å². The van der Waals surface area contributed by atoms with Crippen molar-refractivity contribution in [1.29, 1.82) is 0 Å². The monoisotopic (exact) mass is 290 g/mol. The maximum atomic E-state index is 10.5. The number of rotatable bonds is 6. The molecule has 1 aliphatic heterocycles. The molecule has 0 bridgehead atoms. The summed E-state index contributed by atoms with van der Waals surface area (Å²) in [6.07, 6.45) is 3.09. The molecule has 1 saturated heterocycles. The zero-order valence-electron chi connectivity index (χ0n) is 13.8. The van der Waals surface area contributed by atoms with Crippen LogP contribution in [0.5, 0.6) is 0 Å². The molecule has 2 atom stereocenters. The Morgan fingerprint density at radius 1 is 1.19 bits per heavy atom. The first-order valence-electron chi connectivity index (χ1n) is 8.33. The van der Waals surface area contributed by atoms with Gasteiger partial charge in [-0.1, -0.05) is 44.5 Å². The number of β-amino-alcohol motifs (C(OH)–C–C–N with tert-alkyl or cyclic N) is 1. The zero-order chi connectivity index (χ0) is 15.2. The van der Waals surface area contributed by atoms with Crippen molar-refractivity contribution in [3.63, 3.8) is 0 Å². The number of aryl methyl sites for hydroxylation is 1. The highest BCUT2D eigenvalue weighted by Crippen LogP contribution is 2.18. The van der Waals surface area contributed by atoms with Crippen molar-refractivity contribution in [2.75, 3.05) is 33.2 Å². The lowest BCUT2D eigenvalue weighted by Crippen LogP contribution is -2.51. The molecule has 0 saturated carbocycles. The standard InChI is InChI=1S/C18H30N2O/c1-4-6-15-7-9-16(10-8-15)18(21)14-20-12-11-19(3)17(5-2)13-20/h7-10,17-18,21H,4-6,11-14H2,1-3H3. The van der Waals surface area contributed by atoms with E-state index in [0.717, 1.165) is 38.2 Å². The summed E-state index contributed by atoms with van der Waals surface area (Å²) < 4.78 is 0. The molecule has 3 heteroatoms. The van der Waals surface area contributed by atoms with Crippen molar-refractivity contribution < 1.29 is 5.11 Å². The van der Waals surface area contributed by atoms with Gasteiger partial charge in [-0.2, -0.15) is 0 Å². The molecule has 2 rings (SSSR count). The van der Waals surface area contributed by atoms with Crippen molar-refractivity contribution in [2.45, 2.75) is 45.3 Å². The molecule has 2 unspecified atom stereocenters. The molecular weight excluding hydrogens is 260 g/mol. The van der Waals surface area contributed by atoms with Crippen LogP contribution in [-0.4, -0.2) is 54.2 Å². The van der Waals surface area contributed by atoms with Gasteiger partial charge >= 0.3 is 0 Å². The number of piperazine rings is 1. The SMILES string of the molecule is CCCc1ccc(C(O)CN2CCN(C)C(CC)C2)cc1. The first-order chi connectivity index (χ1) is 10.1. The van der Waals surface area contributed by atoms with Crippen LogP contribution in [0.2, 0.25) is 0 Å². The van der Waals surface area contributed by atoms with E-state index < -0.39 is 0 Å². The quantitative estimate of drug-likeness (QED) is 0.872. The summed E-state index contributed by atoms with van der Waals surface area (Å²) in [6, 6.07) is 9.10. The van der Waals surface area contributed by atoms with Crippen LogP contribution in [-0.2, 0) is 6.42 Å². The summed E-state index contributed by atoms with van der Waals surface area (Å²) in [4.78, 5) is 4.83. The molecule has 0 radical (unpaired) electrons. The topological polar surface area (TPSA) is 26.7 Å². The van der Waals surface area contributed by atoms with Crippen molar-refractivity contribution >= 4 is 0 Å². The number of aliphatic hydroxyl groups excluding tert-OH is 1. The molecule has 0 aromatic heterocycles. The maximum Gasteiger partial charge on any atom is 0.0916 e. The minimum absolute atomic E-state index is 0.374. The highest BCUT2D eigenvalue weighted by Gasteiger charge is 2.24. The van der Waals surface area contributed by atoms with Gasteiger partial charge in [0.2, 0.25) is 0 Å². The average molecular weight is 290 g/mol. The van der Waals surface area contributed by atoms with E-state index in [2.05, 4.69) is 55.0 Å². The van der Waals surface area contributed by atoms with E-state index in [1.165, 1.54) is 18.4 Å². The molecule has 21 heavy (non-hydrogen) atoms. The van der Waals surface area contributed by atoms with E-state index in [0.29, 0.717) is 6.04 Å². The second-order valence-corrected chi connectivity index (χ2v) is 6.31. The normalized spacial score (nSPS) is 22.4. The fourth-order valence-corrected chi connectivity index (χ4v) is 3.16. The van der Waals surface area contributed by atoms with Crippen LogP contribution >= 0.6 is 0 Å². The second-order valence-electron chi connectivity index (χ2n) is 6.31. The van der Waals surface area contributed by atoms with E-state index in [-0.39, 0.29) is 6.10 Å². The minimum atomic E-state index is -0.374. The van der Waals surface area contributed by atoms with Crippen LogP contribution in [0.4, 0.5) is 0 Å². The van der Waals surface area contributed by atoms with Crippen molar-refractivity contribution in [3.8, 4) is 0 Å². The van der Waals surface area contributed by atoms with Gasteiger partial charge in [-0.05, 0) is 31.0 Å². The Hall–Kier alpha value is -0.900. The Morgan fingerprint density at radius 2 is 1.90 bits per heavy atom. The van der Waals surface area contributed by atoms with E-state index in [1.54, 1.807) is 0 Å². The van der Waals surface area contributed by atoms with Crippen LogP contribution < -0.4 is 0 Å². The zero-order valence-corrected chi connectivity index (χ0v) is 13.8. The fourth-order valence-electron chi connectivity index (χ4n) is 3.16. The molecule has 1 fully saturated rings. The fraction of sp³-hybridized carbons (Fsp3) is 0.667. The van der Waals surface area contributed by atoms with Gasteiger partial charge in [0.1, 0.15) is 0 Å². The van der Waals surface area contributed by atoms with Crippen molar-refractivity contribution in [3.05, 3.63) is 35.4 Å². The Kier molecular flexibility index (Phi) is 6.22. The largest absolute Gasteiger partial charge is 0.387 e. The van der Waals surface area contributed by atoms with Crippen LogP contribution in [0.1, 0.15) is 43.9 Å². The summed E-state index contributed by atoms with van der Waals surface area (Å²) >= 11 is 0. The van der Waals surface area contributed by atoms with Gasteiger partial charge in [0, 0.05) is 32.2 Å². The lowest BCUT2D eigenvalue weighted by atomic mass is 10.0. The Bertz CT molecular complexity index is 418. The molecule has 0 amide bonds. The van der Waals surface area contributed by atoms with Crippen molar-refractivity contribution in [1.82, 2.24) is 9.80 Å². The molecule has 1 N–H and O–H groups in total. The third kappa shape index (κ3) is 4.53. The predicted octanol–water partition coefficient (Wildman–Crippen LogP) is 2.70. The summed E-state index contributed by atoms with van der Waals surface area (Å²) in [5, 5.41) is 10.5. The van der Waals surface area contributed by atoms with Crippen LogP contribution in [0.3, 0.4) is 0 Å². The molecule has 3 nitrogen and oxygen atoms in total. The number of hydrogen-bond acceptors (Lipinski definition) is 3. The summed E-state index contributed by atoms with van der Waals surface area (Å²) in [5.41, 5.74) is 2.40. The summed E-state index contributed by atoms with van der Waals surface area (Å²) in [7, 11) is 2.20. The van der Waals surface area contributed by atoms with Gasteiger partial charge < -0.3 is 10.0 Å². The predicted molar refractivity (Wildman–Crippen MR) is 88.5 cm³/mol. The number of hydrogen-bond donors (Lipinski definition) is 1. The summed E-state index contributed by atoms with van der Waals surface area (Å²) in [6.45, 7) is 8.40. The minimum Gasteiger partial charge on any atom is -0.387 e. The van der Waals surface area contributed by atoms with Gasteiger partial charge in [-0.25, -0.2) is 0 Å². The molecule has 1 heterocycles. The highest BCUT2D eigenvalue weighted by molar-refractivity contribution is 5.24. The van der Waals surface area contributed by atoms with Gasteiger partial charge in [0.05, 0.1) is 6.10 Å². The molecule has 1 aromatic carbocycles. The van der Waals surface area contributed by atoms with Gasteiger partial charge in [-0.15, -0.1) is 0 Å². The molecule has 118 valence electrons. The van der Waals surface area contributed by atoms with Gasteiger partial charge in [0.25, 0.3) is 0 Å². The first-order valence-corrected chi connectivity index (χ1v) is 8.33. The Morgan fingerprint density at radius 3 is 2.52 bits per heavy atom. The molecule has 0 spiro atoms. The molecule has 0 aliphatic carbocycles. The first kappa shape index (κ1) is 16.5. The molecule has 1 aromatic rings. The van der Waals surface area contributed by atoms with Crippen LogP contribution in [0.25, 0.3) is 0 Å². The number of benzene rings is 1. The van der Waals surface area contributed by atoms with E-state index in [1.807, 2.05) is 0 Å². The molecular formula is C18H30N2O. The van der Waals surface area contributed by atoms with E-state index in [9.17, 15) is 5.11 Å². The number of nitrogens with zero attached hydrogens (tertiary/aromatic N) is 2. The van der Waals surface area contributed by atoms with Crippen molar-refractivity contribution in [2.24, 2.45) is 0 Å². The van der Waals surface area contributed by atoms with E-state index in [4.69, 9.17) is 0 Å². The number of likely N-dealkylation sites (N-methyl/N-ethyl adjacent to an activating group) is 1. The third-order valence-corrected chi connectivity index (χ3v) is 4.67. The average Bonchev–Trinajstić information content (AvgIpc) is 2.50. The lowest BCUT2D eigenvalue weighted by molar-refractivity contribution is 0.0502. The van der Waals surface area contributed by atoms with Crippen LogP contribution in [0, 0.1) is 0 Å². The second kappa shape index (κ2) is 7.92. The molecule has 1 aliphatic rings. The smallest absolute Gasteiger partial charge is 0.0916 e. The Balaban J connectivity index is 1.90. The third-order valence-electron chi connectivity index (χ3n) is 4.67. The number of aliphatic hydroxyl groups is 1. The Labute approximate surface area is 129 Å². The highest BCUT2D eigenvalue weighted by atomic mass is 16.3. The van der Waals surface area contributed by atoms with Gasteiger partial charge in [-0.3, -0.25) is 4.90 Å². The lowest BCUT2D eigenvalue weighted by Gasteiger charge is -2.39. The van der Waals surface area contributed by atoms with Crippen LogP contribution in [0.15, 0.2) is 24.3 Å². The summed E-state index contributed by atoms with van der Waals surface area (Å²) in [5.74, 6) is 0.